The summed E-state index contributed by atoms with van der Waals surface area (Å²) in [6.45, 7) is 3.09. The summed E-state index contributed by atoms with van der Waals surface area (Å²) >= 11 is 0. The van der Waals surface area contributed by atoms with Crippen molar-refractivity contribution in [1.82, 2.24) is 0 Å². The van der Waals surface area contributed by atoms with Crippen LogP contribution >= 0.6 is 0 Å². The zero-order valence-electron chi connectivity index (χ0n) is 9.75. The van der Waals surface area contributed by atoms with E-state index in [9.17, 15) is 4.79 Å². The van der Waals surface area contributed by atoms with Crippen molar-refractivity contribution in [3.05, 3.63) is 24.3 Å². The van der Waals surface area contributed by atoms with E-state index in [-0.39, 0.29) is 0 Å². The number of unbranched alkanes of at least 4 members (excludes halogenated alkanes) is 1. The number of methoxy groups -OCH3 is 1. The highest BCUT2D eigenvalue weighted by atomic mass is 16.5. The molecule has 1 aromatic rings. The first kappa shape index (κ1) is 12.4. The first-order valence-corrected chi connectivity index (χ1v) is 5.45. The molecule has 1 amide bonds. The van der Waals surface area contributed by atoms with Gasteiger partial charge in [-0.25, -0.2) is 4.79 Å². The van der Waals surface area contributed by atoms with E-state index in [4.69, 9.17) is 0 Å². The number of hydrogen-bond acceptors (Lipinski definition) is 3. The molecule has 0 heterocycles. The minimum absolute atomic E-state index is 0.453. The van der Waals surface area contributed by atoms with E-state index in [0.29, 0.717) is 0 Å². The third-order valence-corrected chi connectivity index (χ3v) is 2.15. The molecule has 88 valence electrons. The fourth-order valence-electron chi connectivity index (χ4n) is 1.29. The lowest BCUT2D eigenvalue weighted by atomic mass is 10.2. The third kappa shape index (κ3) is 4.21. The number of anilines is 2. The summed E-state index contributed by atoms with van der Waals surface area (Å²) in [7, 11) is 1.35. The van der Waals surface area contributed by atoms with Crippen molar-refractivity contribution >= 4 is 17.5 Å². The Morgan fingerprint density at radius 2 is 2.12 bits per heavy atom. The zero-order valence-corrected chi connectivity index (χ0v) is 9.75. The van der Waals surface area contributed by atoms with Gasteiger partial charge in [-0.15, -0.1) is 0 Å². The largest absolute Gasteiger partial charge is 0.453 e. The molecule has 0 saturated carbocycles. The van der Waals surface area contributed by atoms with Crippen LogP contribution in [0.15, 0.2) is 24.3 Å². The van der Waals surface area contributed by atoms with Crippen LogP contribution in [0.5, 0.6) is 0 Å². The van der Waals surface area contributed by atoms with Gasteiger partial charge in [-0.2, -0.15) is 0 Å². The number of carbonyl (C=O) groups excluding carboxylic acids is 1. The molecule has 0 saturated heterocycles. The Labute approximate surface area is 96.0 Å². The summed E-state index contributed by atoms with van der Waals surface area (Å²) in [5.74, 6) is 0. The molecule has 0 aliphatic heterocycles. The molecule has 16 heavy (non-hydrogen) atoms. The van der Waals surface area contributed by atoms with Crippen molar-refractivity contribution in [2.75, 3.05) is 24.3 Å². The summed E-state index contributed by atoms with van der Waals surface area (Å²) < 4.78 is 4.52. The first-order chi connectivity index (χ1) is 7.76. The normalized spacial score (nSPS) is 9.62. The van der Waals surface area contributed by atoms with Gasteiger partial charge in [0.25, 0.3) is 0 Å². The molecule has 0 aliphatic rings. The Bertz CT molecular complexity index is 340. The molecule has 2 N–H and O–H groups in total. The van der Waals surface area contributed by atoms with Crippen LogP contribution in [0.4, 0.5) is 16.2 Å². The van der Waals surface area contributed by atoms with Gasteiger partial charge in [-0.05, 0) is 24.6 Å². The average molecular weight is 222 g/mol. The van der Waals surface area contributed by atoms with E-state index in [1.807, 2.05) is 24.3 Å². The van der Waals surface area contributed by atoms with Gasteiger partial charge in [0.2, 0.25) is 0 Å². The molecule has 0 spiro atoms. The number of hydrogen-bond donors (Lipinski definition) is 2. The first-order valence-electron chi connectivity index (χ1n) is 5.45. The van der Waals surface area contributed by atoms with Crippen LogP contribution in [0.25, 0.3) is 0 Å². The van der Waals surface area contributed by atoms with E-state index < -0.39 is 6.09 Å². The monoisotopic (exact) mass is 222 g/mol. The molecule has 0 bridgehead atoms. The molecular formula is C12H18N2O2. The van der Waals surface area contributed by atoms with Gasteiger partial charge >= 0.3 is 6.09 Å². The zero-order chi connectivity index (χ0) is 11.8. The number of carbonyl (C=O) groups is 1. The van der Waals surface area contributed by atoms with Crippen LogP contribution in [0.1, 0.15) is 19.8 Å². The van der Waals surface area contributed by atoms with Crippen LogP contribution in [0.3, 0.4) is 0 Å². The molecule has 4 nitrogen and oxygen atoms in total. The van der Waals surface area contributed by atoms with Gasteiger partial charge in [-0.3, -0.25) is 5.32 Å². The quantitative estimate of drug-likeness (QED) is 0.753. The molecule has 0 unspecified atom stereocenters. The molecule has 0 atom stereocenters. The summed E-state index contributed by atoms with van der Waals surface area (Å²) in [6.07, 6.45) is 1.84. The second-order valence-corrected chi connectivity index (χ2v) is 3.48. The highest BCUT2D eigenvalue weighted by Gasteiger charge is 2.00. The topological polar surface area (TPSA) is 50.4 Å². The summed E-state index contributed by atoms with van der Waals surface area (Å²) in [5.41, 5.74) is 1.73. The molecule has 1 aromatic carbocycles. The highest BCUT2D eigenvalue weighted by molar-refractivity contribution is 5.85. The predicted octanol–water partition coefficient (Wildman–Crippen LogP) is 3.08. The molecular weight excluding hydrogens is 204 g/mol. The van der Waals surface area contributed by atoms with Crippen LogP contribution in [0.2, 0.25) is 0 Å². The second-order valence-electron chi connectivity index (χ2n) is 3.48. The van der Waals surface area contributed by atoms with E-state index in [1.165, 1.54) is 7.11 Å². The number of benzene rings is 1. The van der Waals surface area contributed by atoms with Crippen molar-refractivity contribution in [3.63, 3.8) is 0 Å². The van der Waals surface area contributed by atoms with E-state index >= 15 is 0 Å². The van der Waals surface area contributed by atoms with Gasteiger partial charge < -0.3 is 10.1 Å². The number of nitrogens with one attached hydrogen (secondary N) is 2. The van der Waals surface area contributed by atoms with Crippen LogP contribution < -0.4 is 10.6 Å². The van der Waals surface area contributed by atoms with Gasteiger partial charge in [0.15, 0.2) is 0 Å². The number of amides is 1. The fraction of sp³-hybridized carbons (Fsp3) is 0.417. The van der Waals surface area contributed by atoms with Gasteiger partial charge in [0.1, 0.15) is 0 Å². The SMILES string of the molecule is CCCCNc1cccc(NC(=O)OC)c1. The van der Waals surface area contributed by atoms with E-state index in [0.717, 1.165) is 30.8 Å². The van der Waals surface area contributed by atoms with E-state index in [2.05, 4.69) is 22.3 Å². The Morgan fingerprint density at radius 1 is 1.38 bits per heavy atom. The van der Waals surface area contributed by atoms with Crippen molar-refractivity contribution in [3.8, 4) is 0 Å². The maximum atomic E-state index is 11.0. The molecule has 1 rings (SSSR count). The van der Waals surface area contributed by atoms with E-state index in [1.54, 1.807) is 0 Å². The van der Waals surface area contributed by atoms with Gasteiger partial charge in [0.05, 0.1) is 7.11 Å². The van der Waals surface area contributed by atoms with Crippen LogP contribution in [-0.4, -0.2) is 19.7 Å². The third-order valence-electron chi connectivity index (χ3n) is 2.15. The van der Waals surface area contributed by atoms with Crippen molar-refractivity contribution in [1.29, 1.82) is 0 Å². The van der Waals surface area contributed by atoms with Gasteiger partial charge in [-0.1, -0.05) is 19.4 Å². The lowest BCUT2D eigenvalue weighted by Crippen LogP contribution is -2.11. The molecule has 4 heteroatoms. The summed E-state index contributed by atoms with van der Waals surface area (Å²) in [4.78, 5) is 11.0. The molecule has 0 aromatic heterocycles. The van der Waals surface area contributed by atoms with Gasteiger partial charge in [0, 0.05) is 17.9 Å². The predicted molar refractivity (Wildman–Crippen MR) is 65.9 cm³/mol. The van der Waals surface area contributed by atoms with Crippen LogP contribution in [-0.2, 0) is 4.74 Å². The lowest BCUT2D eigenvalue weighted by molar-refractivity contribution is 0.187. The van der Waals surface area contributed by atoms with Crippen molar-refractivity contribution in [2.24, 2.45) is 0 Å². The lowest BCUT2D eigenvalue weighted by Gasteiger charge is -2.08. The Hall–Kier alpha value is -1.71. The molecule has 0 aliphatic carbocycles. The minimum Gasteiger partial charge on any atom is -0.453 e. The minimum atomic E-state index is -0.453. The Morgan fingerprint density at radius 3 is 2.81 bits per heavy atom. The Balaban J connectivity index is 2.53. The summed E-state index contributed by atoms with van der Waals surface area (Å²) in [5, 5.41) is 5.91. The Kier molecular flexibility index (Phi) is 5.19. The fourth-order valence-corrected chi connectivity index (χ4v) is 1.29. The van der Waals surface area contributed by atoms with Crippen molar-refractivity contribution in [2.45, 2.75) is 19.8 Å². The number of ether oxygens (including phenoxy) is 1. The molecule has 0 radical (unpaired) electrons. The average Bonchev–Trinajstić information content (AvgIpc) is 2.30. The highest BCUT2D eigenvalue weighted by Crippen LogP contribution is 2.15. The summed E-state index contributed by atoms with van der Waals surface area (Å²) in [6, 6.07) is 7.56. The smallest absolute Gasteiger partial charge is 0.411 e. The number of rotatable bonds is 5. The standard InChI is InChI=1S/C12H18N2O2/c1-3-4-8-13-10-6-5-7-11(9-10)14-12(15)16-2/h5-7,9,13H,3-4,8H2,1-2H3,(H,14,15). The maximum absolute atomic E-state index is 11.0. The maximum Gasteiger partial charge on any atom is 0.411 e. The molecule has 0 fully saturated rings. The van der Waals surface area contributed by atoms with Crippen LogP contribution in [0, 0.1) is 0 Å². The second kappa shape index (κ2) is 6.71. The van der Waals surface area contributed by atoms with Crippen molar-refractivity contribution < 1.29 is 9.53 Å².